The summed E-state index contributed by atoms with van der Waals surface area (Å²) >= 11 is 3.33. The van der Waals surface area contributed by atoms with Crippen molar-refractivity contribution in [3.05, 3.63) is 29.8 Å². The molecule has 106 valence electrons. The Kier molecular flexibility index (Phi) is 6.77. The molecule has 0 fully saturated rings. The lowest BCUT2D eigenvalue weighted by Gasteiger charge is -2.13. The second-order valence-corrected chi connectivity index (χ2v) is 4.90. The van der Waals surface area contributed by atoms with Gasteiger partial charge in [-0.3, -0.25) is 4.79 Å². The van der Waals surface area contributed by atoms with Gasteiger partial charge in [0.2, 0.25) is 0 Å². The Balaban J connectivity index is 2.53. The summed E-state index contributed by atoms with van der Waals surface area (Å²) in [5.74, 6) is -0.176. The summed E-state index contributed by atoms with van der Waals surface area (Å²) in [4.78, 5) is 11.8. The van der Waals surface area contributed by atoms with Crippen molar-refractivity contribution in [3.63, 3.8) is 0 Å². The smallest absolute Gasteiger partial charge is 0.387 e. The summed E-state index contributed by atoms with van der Waals surface area (Å²) in [6.07, 6.45) is 1.85. The number of carbonyl (C=O) groups excluding carboxylic acids is 1. The number of nitrogens with one attached hydrogen (secondary N) is 1. The summed E-state index contributed by atoms with van der Waals surface area (Å²) in [7, 11) is 0. The van der Waals surface area contributed by atoms with E-state index in [9.17, 15) is 13.6 Å². The van der Waals surface area contributed by atoms with Crippen LogP contribution in [-0.4, -0.2) is 23.9 Å². The zero-order valence-corrected chi connectivity index (χ0v) is 12.1. The average Bonchev–Trinajstić information content (AvgIpc) is 2.36. The highest BCUT2D eigenvalue weighted by Gasteiger charge is 2.10. The molecule has 1 N–H and O–H groups in total. The second kappa shape index (κ2) is 8.09. The Bertz CT molecular complexity index is 398. The first-order valence-corrected chi connectivity index (χ1v) is 7.06. The first-order chi connectivity index (χ1) is 9.02. The van der Waals surface area contributed by atoms with Crippen LogP contribution >= 0.6 is 15.9 Å². The van der Waals surface area contributed by atoms with E-state index in [1.54, 1.807) is 0 Å². The zero-order chi connectivity index (χ0) is 14.3. The second-order valence-electron chi connectivity index (χ2n) is 4.11. The van der Waals surface area contributed by atoms with Crippen molar-refractivity contribution < 1.29 is 18.3 Å². The number of carbonyl (C=O) groups is 1. The molecule has 1 unspecified atom stereocenters. The molecule has 1 rings (SSSR count). The Labute approximate surface area is 119 Å². The number of rotatable bonds is 7. The minimum absolute atomic E-state index is 0.0406. The Morgan fingerprint density at radius 2 is 2.00 bits per heavy atom. The number of ether oxygens (including phenoxy) is 1. The third-order valence-electron chi connectivity index (χ3n) is 2.49. The van der Waals surface area contributed by atoms with E-state index in [1.807, 2.05) is 6.92 Å². The minimum Gasteiger partial charge on any atom is -0.435 e. The molecule has 0 spiro atoms. The molecule has 19 heavy (non-hydrogen) atoms. The summed E-state index contributed by atoms with van der Waals surface area (Å²) in [5, 5.41) is 3.74. The van der Waals surface area contributed by atoms with E-state index < -0.39 is 6.61 Å². The van der Waals surface area contributed by atoms with E-state index in [0.717, 1.165) is 18.2 Å². The van der Waals surface area contributed by atoms with Gasteiger partial charge < -0.3 is 10.1 Å². The van der Waals surface area contributed by atoms with E-state index in [1.165, 1.54) is 24.3 Å². The molecule has 0 aromatic heterocycles. The van der Waals surface area contributed by atoms with Crippen molar-refractivity contribution in [2.75, 3.05) is 5.33 Å². The van der Waals surface area contributed by atoms with E-state index in [4.69, 9.17) is 0 Å². The Morgan fingerprint density at radius 3 is 2.53 bits per heavy atom. The van der Waals surface area contributed by atoms with E-state index >= 15 is 0 Å². The Hall–Kier alpha value is -1.17. The average molecular weight is 336 g/mol. The van der Waals surface area contributed by atoms with Crippen molar-refractivity contribution in [1.82, 2.24) is 5.32 Å². The summed E-state index contributed by atoms with van der Waals surface area (Å²) in [5.41, 5.74) is 0.423. The molecular weight excluding hydrogens is 320 g/mol. The van der Waals surface area contributed by atoms with Gasteiger partial charge in [-0.25, -0.2) is 0 Å². The molecule has 3 nitrogen and oxygen atoms in total. The fraction of sp³-hybridized carbons (Fsp3) is 0.462. The predicted octanol–water partition coefficient (Wildman–Crippen LogP) is 3.58. The SMILES string of the molecule is CC(CCCBr)NC(=O)c1ccc(OC(F)F)cc1. The zero-order valence-electron chi connectivity index (χ0n) is 10.5. The Morgan fingerprint density at radius 1 is 1.37 bits per heavy atom. The predicted molar refractivity (Wildman–Crippen MR) is 73.0 cm³/mol. The lowest BCUT2D eigenvalue weighted by molar-refractivity contribution is -0.0498. The molecule has 0 aliphatic rings. The summed E-state index contributed by atoms with van der Waals surface area (Å²) in [6, 6.07) is 5.70. The monoisotopic (exact) mass is 335 g/mol. The van der Waals surface area contributed by atoms with Crippen molar-refractivity contribution in [1.29, 1.82) is 0 Å². The molecule has 0 saturated carbocycles. The molecule has 1 aromatic rings. The van der Waals surface area contributed by atoms with E-state index in [0.29, 0.717) is 5.56 Å². The van der Waals surface area contributed by atoms with Gasteiger partial charge in [-0.2, -0.15) is 8.78 Å². The van der Waals surface area contributed by atoms with Gasteiger partial charge >= 0.3 is 6.61 Å². The third kappa shape index (κ3) is 6.00. The van der Waals surface area contributed by atoms with Crippen LogP contribution in [0.5, 0.6) is 5.75 Å². The number of hydrogen-bond acceptors (Lipinski definition) is 2. The number of alkyl halides is 3. The molecule has 6 heteroatoms. The van der Waals surface area contributed by atoms with Crippen molar-refractivity contribution in [2.24, 2.45) is 0 Å². The highest BCUT2D eigenvalue weighted by Crippen LogP contribution is 2.15. The van der Waals surface area contributed by atoms with Crippen LogP contribution in [0, 0.1) is 0 Å². The van der Waals surface area contributed by atoms with Gasteiger partial charge in [0.25, 0.3) is 5.91 Å². The van der Waals surface area contributed by atoms with Gasteiger partial charge in [-0.05, 0) is 44.0 Å². The molecule has 0 aliphatic carbocycles. The van der Waals surface area contributed by atoms with E-state index in [-0.39, 0.29) is 17.7 Å². The normalized spacial score (nSPS) is 12.3. The third-order valence-corrected chi connectivity index (χ3v) is 3.05. The van der Waals surface area contributed by atoms with Crippen LogP contribution in [0.4, 0.5) is 8.78 Å². The fourth-order valence-corrected chi connectivity index (χ4v) is 1.87. The minimum atomic E-state index is -2.86. The highest BCUT2D eigenvalue weighted by atomic mass is 79.9. The number of benzene rings is 1. The standard InChI is InChI=1S/C13H16BrF2NO2/c1-9(3-2-8-14)17-12(18)10-4-6-11(7-5-10)19-13(15)16/h4-7,9,13H,2-3,8H2,1H3,(H,17,18). The number of amides is 1. The van der Waals surface area contributed by atoms with Crippen LogP contribution in [0.25, 0.3) is 0 Å². The first-order valence-electron chi connectivity index (χ1n) is 5.94. The van der Waals surface area contributed by atoms with Crippen LogP contribution in [-0.2, 0) is 0 Å². The lowest BCUT2D eigenvalue weighted by atomic mass is 10.1. The number of hydrogen-bond donors (Lipinski definition) is 1. The maximum absolute atomic E-state index is 12.0. The topological polar surface area (TPSA) is 38.3 Å². The molecule has 1 aromatic carbocycles. The van der Waals surface area contributed by atoms with Crippen LogP contribution in [0.1, 0.15) is 30.1 Å². The molecule has 0 radical (unpaired) electrons. The maximum atomic E-state index is 12.0. The fourth-order valence-electron chi connectivity index (χ4n) is 1.55. The number of halogens is 3. The van der Waals surface area contributed by atoms with Crippen LogP contribution in [0.3, 0.4) is 0 Å². The van der Waals surface area contributed by atoms with Crippen LogP contribution < -0.4 is 10.1 Å². The lowest BCUT2D eigenvalue weighted by Crippen LogP contribution is -2.32. The quantitative estimate of drug-likeness (QED) is 0.773. The summed E-state index contributed by atoms with van der Waals surface area (Å²) < 4.78 is 28.1. The highest BCUT2D eigenvalue weighted by molar-refractivity contribution is 9.09. The molecule has 0 heterocycles. The molecular formula is C13H16BrF2NO2. The largest absolute Gasteiger partial charge is 0.435 e. The molecule has 0 aliphatic heterocycles. The van der Waals surface area contributed by atoms with Crippen molar-refractivity contribution in [3.8, 4) is 5.75 Å². The van der Waals surface area contributed by atoms with Crippen molar-refractivity contribution >= 4 is 21.8 Å². The van der Waals surface area contributed by atoms with Gasteiger partial charge in [-0.15, -0.1) is 0 Å². The maximum Gasteiger partial charge on any atom is 0.387 e. The van der Waals surface area contributed by atoms with Crippen LogP contribution in [0.15, 0.2) is 24.3 Å². The van der Waals surface area contributed by atoms with Gasteiger partial charge in [0.05, 0.1) is 0 Å². The van der Waals surface area contributed by atoms with Gasteiger partial charge in [0.1, 0.15) is 5.75 Å². The van der Waals surface area contributed by atoms with Gasteiger partial charge in [0.15, 0.2) is 0 Å². The summed E-state index contributed by atoms with van der Waals surface area (Å²) in [6.45, 7) is -0.932. The molecule has 0 bridgehead atoms. The molecule has 1 amide bonds. The first kappa shape index (κ1) is 15.9. The van der Waals surface area contributed by atoms with Crippen molar-refractivity contribution in [2.45, 2.75) is 32.4 Å². The van der Waals surface area contributed by atoms with E-state index in [2.05, 4.69) is 26.0 Å². The van der Waals surface area contributed by atoms with Crippen LogP contribution in [0.2, 0.25) is 0 Å². The molecule has 0 saturated heterocycles. The molecule has 1 atom stereocenters. The van der Waals surface area contributed by atoms with Gasteiger partial charge in [-0.1, -0.05) is 15.9 Å². The van der Waals surface area contributed by atoms with Gasteiger partial charge in [0, 0.05) is 16.9 Å².